The van der Waals surface area contributed by atoms with Crippen molar-refractivity contribution in [3.8, 4) is 6.07 Å². The SMILES string of the molecule is N#Cc1ccccc1CN1CCCN(c2ccc(NC(=O)c3ccc(Cl)cc3)cc2)C1=O. The first-order valence-electron chi connectivity index (χ1n) is 10.3. The summed E-state index contributed by atoms with van der Waals surface area (Å²) in [6, 6.07) is 23.3. The summed E-state index contributed by atoms with van der Waals surface area (Å²) in [4.78, 5) is 29.0. The highest BCUT2D eigenvalue weighted by molar-refractivity contribution is 6.30. The van der Waals surface area contributed by atoms with Crippen molar-refractivity contribution in [3.05, 3.63) is 94.5 Å². The average molecular weight is 445 g/mol. The molecule has 0 spiro atoms. The van der Waals surface area contributed by atoms with E-state index in [2.05, 4.69) is 11.4 Å². The molecule has 32 heavy (non-hydrogen) atoms. The second kappa shape index (κ2) is 9.54. The summed E-state index contributed by atoms with van der Waals surface area (Å²) in [6.07, 6.45) is 0.829. The van der Waals surface area contributed by atoms with Crippen LogP contribution in [-0.2, 0) is 6.54 Å². The summed E-state index contributed by atoms with van der Waals surface area (Å²) in [7, 11) is 0. The van der Waals surface area contributed by atoms with Crippen LogP contribution < -0.4 is 10.2 Å². The number of halogens is 1. The molecule has 160 valence electrons. The lowest BCUT2D eigenvalue weighted by atomic mass is 10.1. The van der Waals surface area contributed by atoms with Gasteiger partial charge in [-0.3, -0.25) is 9.69 Å². The molecule has 1 fully saturated rings. The van der Waals surface area contributed by atoms with Crippen LogP contribution in [0.3, 0.4) is 0 Å². The Morgan fingerprint density at radius 3 is 2.44 bits per heavy atom. The van der Waals surface area contributed by atoms with Crippen LogP contribution in [0.5, 0.6) is 0 Å². The highest BCUT2D eigenvalue weighted by atomic mass is 35.5. The lowest BCUT2D eigenvalue weighted by molar-refractivity contribution is 0.102. The topological polar surface area (TPSA) is 76.4 Å². The Balaban J connectivity index is 1.44. The number of urea groups is 1. The van der Waals surface area contributed by atoms with Crippen LogP contribution in [0.15, 0.2) is 72.8 Å². The number of carbonyl (C=O) groups excluding carboxylic acids is 2. The molecule has 7 heteroatoms. The maximum atomic E-state index is 13.1. The maximum absolute atomic E-state index is 13.1. The zero-order valence-corrected chi connectivity index (χ0v) is 18.0. The third kappa shape index (κ3) is 4.74. The van der Waals surface area contributed by atoms with Crippen LogP contribution in [0.4, 0.5) is 16.2 Å². The normalized spacial score (nSPS) is 13.6. The number of anilines is 2. The number of nitrogens with zero attached hydrogens (tertiary/aromatic N) is 3. The van der Waals surface area contributed by atoms with Crippen LogP contribution in [0, 0.1) is 11.3 Å². The zero-order chi connectivity index (χ0) is 22.5. The first-order valence-corrected chi connectivity index (χ1v) is 10.6. The van der Waals surface area contributed by atoms with Gasteiger partial charge in [-0.25, -0.2) is 4.79 Å². The molecule has 1 N–H and O–H groups in total. The molecule has 3 aromatic carbocycles. The van der Waals surface area contributed by atoms with Crippen molar-refractivity contribution in [2.45, 2.75) is 13.0 Å². The van der Waals surface area contributed by atoms with E-state index in [1.807, 2.05) is 30.3 Å². The predicted octanol–water partition coefficient (Wildman–Crippen LogP) is 5.30. The van der Waals surface area contributed by atoms with Gasteiger partial charge in [0.1, 0.15) is 0 Å². The van der Waals surface area contributed by atoms with Gasteiger partial charge in [0.05, 0.1) is 11.6 Å². The van der Waals surface area contributed by atoms with Crippen molar-refractivity contribution in [2.24, 2.45) is 0 Å². The molecule has 0 radical (unpaired) electrons. The fourth-order valence-electron chi connectivity index (χ4n) is 3.67. The number of hydrogen-bond acceptors (Lipinski definition) is 3. The number of nitrogens with one attached hydrogen (secondary N) is 1. The number of carbonyl (C=O) groups is 2. The summed E-state index contributed by atoms with van der Waals surface area (Å²) in [5.74, 6) is -0.231. The largest absolute Gasteiger partial charge is 0.324 e. The molecule has 0 saturated carbocycles. The predicted molar refractivity (Wildman–Crippen MR) is 125 cm³/mol. The molecular formula is C25H21ClN4O2. The molecule has 3 amide bonds. The molecule has 1 aliphatic heterocycles. The van der Waals surface area contributed by atoms with Crippen molar-refractivity contribution in [2.75, 3.05) is 23.3 Å². The number of amides is 3. The Morgan fingerprint density at radius 2 is 1.72 bits per heavy atom. The third-order valence-corrected chi connectivity index (χ3v) is 5.61. The molecule has 0 bridgehead atoms. The van der Waals surface area contributed by atoms with Gasteiger partial charge < -0.3 is 10.2 Å². The van der Waals surface area contributed by atoms with E-state index >= 15 is 0 Å². The van der Waals surface area contributed by atoms with E-state index in [9.17, 15) is 14.9 Å². The van der Waals surface area contributed by atoms with Crippen molar-refractivity contribution >= 4 is 34.9 Å². The van der Waals surface area contributed by atoms with Crippen LogP contribution >= 0.6 is 11.6 Å². The zero-order valence-electron chi connectivity index (χ0n) is 17.3. The second-order valence-corrected chi connectivity index (χ2v) is 7.92. The molecule has 1 saturated heterocycles. The van der Waals surface area contributed by atoms with Crippen molar-refractivity contribution in [3.63, 3.8) is 0 Å². The Labute approximate surface area is 191 Å². The Bertz CT molecular complexity index is 1170. The minimum atomic E-state index is -0.231. The Hall–Kier alpha value is -3.82. The third-order valence-electron chi connectivity index (χ3n) is 5.35. The minimum Gasteiger partial charge on any atom is -0.322 e. The molecule has 0 aliphatic carbocycles. The van der Waals surface area contributed by atoms with Gasteiger partial charge in [0.25, 0.3) is 5.91 Å². The molecule has 0 unspecified atom stereocenters. The van der Waals surface area contributed by atoms with Crippen molar-refractivity contribution < 1.29 is 9.59 Å². The molecule has 6 nitrogen and oxygen atoms in total. The van der Waals surface area contributed by atoms with Gasteiger partial charge in [0, 0.05) is 41.6 Å². The first-order chi connectivity index (χ1) is 15.5. The molecule has 0 atom stereocenters. The number of benzene rings is 3. The summed E-state index contributed by atoms with van der Waals surface area (Å²) in [6.45, 7) is 1.66. The molecule has 4 rings (SSSR count). The maximum Gasteiger partial charge on any atom is 0.324 e. The molecular weight excluding hydrogens is 424 g/mol. The smallest absolute Gasteiger partial charge is 0.322 e. The summed E-state index contributed by atoms with van der Waals surface area (Å²) < 4.78 is 0. The standard InChI is InChI=1S/C25H21ClN4O2/c26-21-8-6-18(7-9-21)24(31)28-22-10-12-23(13-11-22)30-15-3-14-29(25(30)32)17-20-5-2-1-4-19(20)16-27/h1-2,4-13H,3,14-15,17H2,(H,28,31). The molecule has 1 heterocycles. The van der Waals surface area contributed by atoms with E-state index in [0.29, 0.717) is 41.5 Å². The van der Waals surface area contributed by atoms with Crippen molar-refractivity contribution in [1.82, 2.24) is 4.90 Å². The highest BCUT2D eigenvalue weighted by Crippen LogP contribution is 2.24. The monoisotopic (exact) mass is 444 g/mol. The summed E-state index contributed by atoms with van der Waals surface area (Å²) in [5.41, 5.74) is 3.33. The quantitative estimate of drug-likeness (QED) is 0.580. The van der Waals surface area contributed by atoms with Gasteiger partial charge in [-0.1, -0.05) is 29.8 Å². The van der Waals surface area contributed by atoms with E-state index < -0.39 is 0 Å². The van der Waals surface area contributed by atoms with Gasteiger partial charge in [-0.2, -0.15) is 5.26 Å². The van der Waals surface area contributed by atoms with Crippen LogP contribution in [0.1, 0.15) is 27.9 Å². The highest BCUT2D eigenvalue weighted by Gasteiger charge is 2.27. The lowest BCUT2D eigenvalue weighted by Crippen LogP contribution is -2.49. The van der Waals surface area contributed by atoms with E-state index in [-0.39, 0.29) is 11.9 Å². The fraction of sp³-hybridized carbons (Fsp3) is 0.160. The second-order valence-electron chi connectivity index (χ2n) is 7.49. The van der Waals surface area contributed by atoms with Gasteiger partial charge in [0.2, 0.25) is 0 Å². The lowest BCUT2D eigenvalue weighted by Gasteiger charge is -2.36. The van der Waals surface area contributed by atoms with E-state index in [0.717, 1.165) is 17.7 Å². The van der Waals surface area contributed by atoms with Crippen LogP contribution in [0.25, 0.3) is 0 Å². The number of rotatable bonds is 5. The summed E-state index contributed by atoms with van der Waals surface area (Å²) in [5, 5.41) is 12.7. The summed E-state index contributed by atoms with van der Waals surface area (Å²) >= 11 is 5.87. The molecule has 0 aromatic heterocycles. The van der Waals surface area contributed by atoms with Gasteiger partial charge in [-0.15, -0.1) is 0 Å². The van der Waals surface area contributed by atoms with Crippen LogP contribution in [-0.4, -0.2) is 29.9 Å². The first kappa shape index (κ1) is 21.4. The van der Waals surface area contributed by atoms with Crippen LogP contribution in [0.2, 0.25) is 5.02 Å². The number of nitriles is 1. The minimum absolute atomic E-state index is 0.0954. The van der Waals surface area contributed by atoms with E-state index in [1.165, 1.54) is 0 Å². The molecule has 1 aliphatic rings. The van der Waals surface area contributed by atoms with Gasteiger partial charge >= 0.3 is 6.03 Å². The van der Waals surface area contributed by atoms with E-state index in [1.54, 1.807) is 52.3 Å². The fourth-order valence-corrected chi connectivity index (χ4v) is 3.80. The Kier molecular flexibility index (Phi) is 6.39. The number of hydrogen-bond donors (Lipinski definition) is 1. The average Bonchev–Trinajstić information content (AvgIpc) is 2.82. The van der Waals surface area contributed by atoms with Gasteiger partial charge in [0.15, 0.2) is 0 Å². The van der Waals surface area contributed by atoms with Crippen molar-refractivity contribution in [1.29, 1.82) is 5.26 Å². The van der Waals surface area contributed by atoms with E-state index in [4.69, 9.17) is 11.6 Å². The van der Waals surface area contributed by atoms with Gasteiger partial charge in [-0.05, 0) is 66.6 Å². The molecule has 3 aromatic rings. The Morgan fingerprint density at radius 1 is 1.00 bits per heavy atom.